The van der Waals surface area contributed by atoms with E-state index >= 15 is 0 Å². The van der Waals surface area contributed by atoms with Crippen molar-refractivity contribution in [3.63, 3.8) is 0 Å². The highest BCUT2D eigenvalue weighted by atomic mass is 19.1. The Bertz CT molecular complexity index is 588. The summed E-state index contributed by atoms with van der Waals surface area (Å²) in [6, 6.07) is 12.2. The first-order valence-electron chi connectivity index (χ1n) is 7.83. The smallest absolute Gasteiger partial charge is 0.223 e. The molecule has 0 aliphatic carbocycles. The van der Waals surface area contributed by atoms with Gasteiger partial charge in [-0.3, -0.25) is 4.79 Å². The van der Waals surface area contributed by atoms with Crippen LogP contribution in [-0.4, -0.2) is 23.9 Å². The van der Waals surface area contributed by atoms with Crippen LogP contribution in [0.15, 0.2) is 48.5 Å². The zero-order chi connectivity index (χ0) is 16.8. The molecule has 0 aliphatic rings. The van der Waals surface area contributed by atoms with Crippen LogP contribution < -0.4 is 0 Å². The predicted molar refractivity (Wildman–Crippen MR) is 87.2 cm³/mol. The molecule has 0 aromatic heterocycles. The first-order valence-corrected chi connectivity index (χ1v) is 7.83. The maximum atomic E-state index is 13.2. The highest BCUT2D eigenvalue weighted by Gasteiger charge is 2.21. The molecule has 0 saturated heterocycles. The molecule has 23 heavy (non-hydrogen) atoms. The number of nitrogens with zero attached hydrogens (tertiary/aromatic N) is 1. The summed E-state index contributed by atoms with van der Waals surface area (Å²) in [5, 5.41) is 0. The maximum Gasteiger partial charge on any atom is 0.223 e. The van der Waals surface area contributed by atoms with Crippen LogP contribution in [0.2, 0.25) is 0 Å². The average molecular weight is 317 g/mol. The minimum absolute atomic E-state index is 0.0358. The molecule has 0 spiro atoms. The van der Waals surface area contributed by atoms with Crippen molar-refractivity contribution in [1.29, 1.82) is 0 Å². The predicted octanol–water partition coefficient (Wildman–Crippen LogP) is 4.36. The van der Waals surface area contributed by atoms with Gasteiger partial charge < -0.3 is 4.90 Å². The third-order valence-electron chi connectivity index (χ3n) is 4.04. The van der Waals surface area contributed by atoms with E-state index in [9.17, 15) is 13.6 Å². The molecule has 0 N–H and O–H groups in total. The summed E-state index contributed by atoms with van der Waals surface area (Å²) >= 11 is 0. The van der Waals surface area contributed by atoms with E-state index in [2.05, 4.69) is 0 Å². The zero-order valence-electron chi connectivity index (χ0n) is 13.4. The van der Waals surface area contributed by atoms with E-state index in [1.165, 1.54) is 24.3 Å². The lowest BCUT2D eigenvalue weighted by Crippen LogP contribution is -2.31. The van der Waals surface area contributed by atoms with Crippen LogP contribution in [0.5, 0.6) is 0 Å². The van der Waals surface area contributed by atoms with Crippen LogP contribution in [0.1, 0.15) is 37.3 Å². The van der Waals surface area contributed by atoms with E-state index in [1.54, 1.807) is 29.2 Å². The molecule has 0 fully saturated rings. The van der Waals surface area contributed by atoms with Crippen LogP contribution in [0, 0.1) is 11.6 Å². The molecule has 2 aromatic carbocycles. The summed E-state index contributed by atoms with van der Waals surface area (Å²) in [7, 11) is 0. The Labute approximate surface area is 135 Å². The summed E-state index contributed by atoms with van der Waals surface area (Å²) in [6.45, 7) is 5.17. The average Bonchev–Trinajstić information content (AvgIpc) is 2.56. The monoisotopic (exact) mass is 317 g/mol. The molecule has 1 amide bonds. The van der Waals surface area contributed by atoms with Crippen molar-refractivity contribution >= 4 is 5.91 Å². The van der Waals surface area contributed by atoms with E-state index in [4.69, 9.17) is 0 Å². The number of carbonyl (C=O) groups is 1. The molecule has 0 atom stereocenters. The summed E-state index contributed by atoms with van der Waals surface area (Å²) in [4.78, 5) is 14.2. The Hall–Kier alpha value is -2.23. The first kappa shape index (κ1) is 17.1. The van der Waals surface area contributed by atoms with Gasteiger partial charge in [-0.15, -0.1) is 0 Å². The molecule has 2 nitrogen and oxygen atoms in total. The lowest BCUT2D eigenvalue weighted by Gasteiger charge is -2.23. The summed E-state index contributed by atoms with van der Waals surface area (Å²) < 4.78 is 26.4. The Morgan fingerprint density at radius 1 is 0.870 bits per heavy atom. The van der Waals surface area contributed by atoms with Crippen LogP contribution in [-0.2, 0) is 4.79 Å². The van der Waals surface area contributed by atoms with Crippen LogP contribution in [0.3, 0.4) is 0 Å². The van der Waals surface area contributed by atoms with Gasteiger partial charge in [0.2, 0.25) is 5.91 Å². The number of hydrogen-bond acceptors (Lipinski definition) is 1. The Morgan fingerprint density at radius 3 is 1.61 bits per heavy atom. The van der Waals surface area contributed by atoms with Crippen LogP contribution >= 0.6 is 0 Å². The van der Waals surface area contributed by atoms with Crippen LogP contribution in [0.25, 0.3) is 0 Å². The quantitative estimate of drug-likeness (QED) is 0.775. The second-order valence-corrected chi connectivity index (χ2v) is 5.43. The molecular formula is C19H21F2NO. The lowest BCUT2D eigenvalue weighted by molar-refractivity contribution is -0.131. The van der Waals surface area contributed by atoms with Gasteiger partial charge >= 0.3 is 0 Å². The SMILES string of the molecule is CCN(CC)C(=O)CC(c1ccc(F)cc1)c1ccc(F)cc1. The van der Waals surface area contributed by atoms with Crippen molar-refractivity contribution in [2.24, 2.45) is 0 Å². The Morgan fingerprint density at radius 2 is 1.26 bits per heavy atom. The number of hydrogen-bond donors (Lipinski definition) is 0. The van der Waals surface area contributed by atoms with Gasteiger partial charge in [-0.25, -0.2) is 8.78 Å². The minimum atomic E-state index is -0.318. The number of halogens is 2. The van der Waals surface area contributed by atoms with E-state index in [-0.39, 0.29) is 29.9 Å². The topological polar surface area (TPSA) is 20.3 Å². The van der Waals surface area contributed by atoms with Gasteiger partial charge in [-0.1, -0.05) is 24.3 Å². The summed E-state index contributed by atoms with van der Waals surface area (Å²) in [6.07, 6.45) is 0.277. The van der Waals surface area contributed by atoms with E-state index in [0.717, 1.165) is 11.1 Å². The summed E-state index contributed by atoms with van der Waals surface area (Å²) in [5.41, 5.74) is 1.69. The molecule has 0 radical (unpaired) electrons. The van der Waals surface area contributed by atoms with E-state index < -0.39 is 0 Å². The van der Waals surface area contributed by atoms with Gasteiger partial charge in [-0.2, -0.15) is 0 Å². The van der Waals surface area contributed by atoms with E-state index in [0.29, 0.717) is 13.1 Å². The number of rotatable bonds is 6. The van der Waals surface area contributed by atoms with Gasteiger partial charge in [-0.05, 0) is 49.2 Å². The zero-order valence-corrected chi connectivity index (χ0v) is 13.4. The van der Waals surface area contributed by atoms with Crippen LogP contribution in [0.4, 0.5) is 8.78 Å². The molecule has 0 bridgehead atoms. The first-order chi connectivity index (χ1) is 11.0. The van der Waals surface area contributed by atoms with E-state index in [1.807, 2.05) is 13.8 Å². The third-order valence-corrected chi connectivity index (χ3v) is 4.04. The second kappa shape index (κ2) is 7.86. The Balaban J connectivity index is 2.33. The molecule has 4 heteroatoms. The Kier molecular flexibility index (Phi) is 5.85. The third kappa shape index (κ3) is 4.38. The van der Waals surface area contributed by atoms with Gasteiger partial charge in [0.25, 0.3) is 0 Å². The molecular weight excluding hydrogens is 296 g/mol. The standard InChI is InChI=1S/C19H21F2NO/c1-3-22(4-2)19(23)13-18(14-5-9-16(20)10-6-14)15-7-11-17(21)12-8-15/h5-12,18H,3-4,13H2,1-2H3. The van der Waals surface area contributed by atoms with Gasteiger partial charge in [0.15, 0.2) is 0 Å². The second-order valence-electron chi connectivity index (χ2n) is 5.43. The molecule has 2 rings (SSSR count). The fraction of sp³-hybridized carbons (Fsp3) is 0.316. The van der Waals surface area contributed by atoms with Crippen molar-refractivity contribution in [2.45, 2.75) is 26.2 Å². The van der Waals surface area contributed by atoms with Gasteiger partial charge in [0.05, 0.1) is 0 Å². The number of benzene rings is 2. The normalized spacial score (nSPS) is 10.8. The fourth-order valence-corrected chi connectivity index (χ4v) is 2.70. The van der Waals surface area contributed by atoms with Gasteiger partial charge in [0.1, 0.15) is 11.6 Å². The molecule has 0 aliphatic heterocycles. The highest BCUT2D eigenvalue weighted by Crippen LogP contribution is 2.29. The maximum absolute atomic E-state index is 13.2. The molecule has 0 unspecified atom stereocenters. The molecule has 122 valence electrons. The van der Waals surface area contributed by atoms with Crippen molar-refractivity contribution in [3.05, 3.63) is 71.3 Å². The largest absolute Gasteiger partial charge is 0.343 e. The molecule has 2 aromatic rings. The van der Waals surface area contributed by atoms with Crippen molar-refractivity contribution in [3.8, 4) is 0 Å². The van der Waals surface area contributed by atoms with Crippen molar-refractivity contribution < 1.29 is 13.6 Å². The fourth-order valence-electron chi connectivity index (χ4n) is 2.70. The highest BCUT2D eigenvalue weighted by molar-refractivity contribution is 5.77. The lowest BCUT2D eigenvalue weighted by atomic mass is 9.88. The minimum Gasteiger partial charge on any atom is -0.343 e. The molecule has 0 heterocycles. The number of carbonyl (C=O) groups excluding carboxylic acids is 1. The summed E-state index contributed by atoms with van der Waals surface area (Å²) in [5.74, 6) is -0.818. The van der Waals surface area contributed by atoms with Gasteiger partial charge in [0, 0.05) is 25.4 Å². The van der Waals surface area contributed by atoms with Crippen molar-refractivity contribution in [2.75, 3.05) is 13.1 Å². The van der Waals surface area contributed by atoms with Crippen molar-refractivity contribution in [1.82, 2.24) is 4.90 Å². The number of amides is 1. The molecule has 0 saturated carbocycles.